The van der Waals surface area contributed by atoms with Crippen molar-refractivity contribution in [2.24, 2.45) is 5.41 Å². The van der Waals surface area contributed by atoms with Gasteiger partial charge in [-0.3, -0.25) is 0 Å². The molecule has 78 valence electrons. The maximum Gasteiger partial charge on any atom is 0.331 e. The largest absolute Gasteiger partial charge is 0.478 e. The highest BCUT2D eigenvalue weighted by Gasteiger charge is 2.21. The van der Waals surface area contributed by atoms with E-state index in [4.69, 9.17) is 5.11 Å². The van der Waals surface area contributed by atoms with Gasteiger partial charge in [-0.2, -0.15) is 0 Å². The summed E-state index contributed by atoms with van der Waals surface area (Å²) < 4.78 is 0. The lowest BCUT2D eigenvalue weighted by molar-refractivity contribution is -0.132. The van der Waals surface area contributed by atoms with Gasteiger partial charge in [-0.1, -0.05) is 32.9 Å². The zero-order chi connectivity index (χ0) is 10.8. The average molecular weight is 194 g/mol. The fraction of sp³-hybridized carbons (Fsp3) is 0.583. The van der Waals surface area contributed by atoms with E-state index in [1.807, 2.05) is 13.0 Å². The minimum Gasteiger partial charge on any atom is -0.478 e. The second-order valence-electron chi connectivity index (χ2n) is 4.48. The summed E-state index contributed by atoms with van der Waals surface area (Å²) in [5.41, 5.74) is 1.79. The third-order valence-corrected chi connectivity index (χ3v) is 2.77. The van der Waals surface area contributed by atoms with Gasteiger partial charge in [-0.15, -0.1) is 0 Å². The van der Waals surface area contributed by atoms with Crippen LogP contribution < -0.4 is 0 Å². The molecule has 0 aromatic carbocycles. The van der Waals surface area contributed by atoms with E-state index in [1.165, 1.54) is 0 Å². The lowest BCUT2D eigenvalue weighted by atomic mass is 9.80. The number of rotatable bonds is 2. The Morgan fingerprint density at radius 2 is 2.21 bits per heavy atom. The summed E-state index contributed by atoms with van der Waals surface area (Å²) >= 11 is 0. The number of carboxylic acid groups (broad SMARTS) is 1. The SMILES string of the molecule is CC/C(C(=O)O)=C1/C=CC(C)(C)CC1. The summed E-state index contributed by atoms with van der Waals surface area (Å²) in [5, 5.41) is 8.96. The van der Waals surface area contributed by atoms with E-state index in [9.17, 15) is 4.79 Å². The summed E-state index contributed by atoms with van der Waals surface area (Å²) in [5.74, 6) is -0.771. The molecule has 0 fully saturated rings. The van der Waals surface area contributed by atoms with Gasteiger partial charge in [-0.05, 0) is 30.3 Å². The first-order valence-electron chi connectivity index (χ1n) is 5.11. The van der Waals surface area contributed by atoms with Crippen LogP contribution in [0.5, 0.6) is 0 Å². The normalized spacial score (nSPS) is 23.4. The van der Waals surface area contributed by atoms with Gasteiger partial charge in [0.2, 0.25) is 0 Å². The number of hydrogen-bond acceptors (Lipinski definition) is 1. The molecule has 0 heterocycles. The molecule has 0 atom stereocenters. The summed E-state index contributed by atoms with van der Waals surface area (Å²) in [6, 6.07) is 0. The maximum atomic E-state index is 10.9. The number of hydrogen-bond donors (Lipinski definition) is 1. The van der Waals surface area contributed by atoms with Gasteiger partial charge in [0.25, 0.3) is 0 Å². The van der Waals surface area contributed by atoms with Gasteiger partial charge in [-0.25, -0.2) is 4.79 Å². The van der Waals surface area contributed by atoms with Crippen LogP contribution in [0, 0.1) is 5.41 Å². The van der Waals surface area contributed by atoms with Gasteiger partial charge in [0, 0.05) is 5.57 Å². The van der Waals surface area contributed by atoms with E-state index >= 15 is 0 Å². The molecule has 0 saturated heterocycles. The number of allylic oxidation sites excluding steroid dienone is 3. The topological polar surface area (TPSA) is 37.3 Å². The molecule has 1 aliphatic rings. The molecule has 0 bridgehead atoms. The Bertz CT molecular complexity index is 295. The van der Waals surface area contributed by atoms with Crippen molar-refractivity contribution >= 4 is 5.97 Å². The first-order valence-corrected chi connectivity index (χ1v) is 5.11. The first-order chi connectivity index (χ1) is 6.46. The molecule has 1 N–H and O–H groups in total. The molecule has 0 aliphatic heterocycles. The Balaban J connectivity index is 2.96. The standard InChI is InChI=1S/C12H18O2/c1-4-10(11(13)14)9-5-7-12(2,3)8-6-9/h5,7H,4,6,8H2,1-3H3,(H,13,14)/b10-9+. The van der Waals surface area contributed by atoms with E-state index in [-0.39, 0.29) is 5.41 Å². The fourth-order valence-corrected chi connectivity index (χ4v) is 1.72. The highest BCUT2D eigenvalue weighted by Crippen LogP contribution is 2.33. The zero-order valence-electron chi connectivity index (χ0n) is 9.13. The Hall–Kier alpha value is -1.05. The quantitative estimate of drug-likeness (QED) is 0.685. The van der Waals surface area contributed by atoms with E-state index in [1.54, 1.807) is 0 Å². The third-order valence-electron chi connectivity index (χ3n) is 2.77. The van der Waals surface area contributed by atoms with Crippen molar-refractivity contribution in [3.05, 3.63) is 23.3 Å². The predicted molar refractivity (Wildman–Crippen MR) is 57.1 cm³/mol. The second kappa shape index (κ2) is 3.99. The van der Waals surface area contributed by atoms with Crippen LogP contribution >= 0.6 is 0 Å². The highest BCUT2D eigenvalue weighted by molar-refractivity contribution is 5.88. The first kappa shape index (κ1) is 11.0. The fourth-order valence-electron chi connectivity index (χ4n) is 1.72. The van der Waals surface area contributed by atoms with E-state index < -0.39 is 5.97 Å². The van der Waals surface area contributed by atoms with Gasteiger partial charge in [0.15, 0.2) is 0 Å². The van der Waals surface area contributed by atoms with Gasteiger partial charge >= 0.3 is 5.97 Å². The van der Waals surface area contributed by atoms with Crippen LogP contribution in [0.25, 0.3) is 0 Å². The van der Waals surface area contributed by atoms with Crippen molar-refractivity contribution in [2.45, 2.75) is 40.0 Å². The maximum absolute atomic E-state index is 10.9. The lowest BCUT2D eigenvalue weighted by Crippen LogP contribution is -2.13. The van der Waals surface area contributed by atoms with Crippen molar-refractivity contribution in [3.8, 4) is 0 Å². The molecular weight excluding hydrogens is 176 g/mol. The van der Waals surface area contributed by atoms with Crippen molar-refractivity contribution in [2.75, 3.05) is 0 Å². The number of aliphatic carboxylic acids is 1. The van der Waals surface area contributed by atoms with Gasteiger partial charge in [0.1, 0.15) is 0 Å². The van der Waals surface area contributed by atoms with E-state index in [0.717, 1.165) is 18.4 Å². The molecule has 0 saturated carbocycles. The van der Waals surface area contributed by atoms with E-state index in [0.29, 0.717) is 12.0 Å². The Kier molecular flexibility index (Phi) is 3.14. The average Bonchev–Trinajstić information content (AvgIpc) is 2.08. The number of carboxylic acids is 1. The van der Waals surface area contributed by atoms with Crippen LogP contribution in [0.15, 0.2) is 23.3 Å². The van der Waals surface area contributed by atoms with Crippen molar-refractivity contribution in [3.63, 3.8) is 0 Å². The molecule has 2 nitrogen and oxygen atoms in total. The van der Waals surface area contributed by atoms with E-state index in [2.05, 4.69) is 19.9 Å². The lowest BCUT2D eigenvalue weighted by Gasteiger charge is -2.25. The van der Waals surface area contributed by atoms with Crippen LogP contribution in [0.3, 0.4) is 0 Å². The van der Waals surface area contributed by atoms with Crippen molar-refractivity contribution in [1.82, 2.24) is 0 Å². The minimum atomic E-state index is -0.771. The van der Waals surface area contributed by atoms with Crippen molar-refractivity contribution < 1.29 is 9.90 Å². The van der Waals surface area contributed by atoms with Crippen LogP contribution in [0.1, 0.15) is 40.0 Å². The summed E-state index contributed by atoms with van der Waals surface area (Å²) in [6.45, 7) is 6.24. The Labute approximate surface area is 85.3 Å². The van der Waals surface area contributed by atoms with Crippen LogP contribution in [0.4, 0.5) is 0 Å². The molecule has 2 heteroatoms. The molecule has 0 unspecified atom stereocenters. The molecule has 0 radical (unpaired) electrons. The molecule has 1 aliphatic carbocycles. The molecule has 1 rings (SSSR count). The summed E-state index contributed by atoms with van der Waals surface area (Å²) in [6.07, 6.45) is 6.63. The highest BCUT2D eigenvalue weighted by atomic mass is 16.4. The van der Waals surface area contributed by atoms with Crippen LogP contribution in [-0.4, -0.2) is 11.1 Å². The monoisotopic (exact) mass is 194 g/mol. The molecule has 0 spiro atoms. The zero-order valence-corrected chi connectivity index (χ0v) is 9.13. The predicted octanol–water partition coefficient (Wildman–Crippen LogP) is 3.15. The Morgan fingerprint density at radius 1 is 1.57 bits per heavy atom. The molecule has 0 amide bonds. The molecular formula is C12H18O2. The van der Waals surface area contributed by atoms with Crippen molar-refractivity contribution in [1.29, 1.82) is 0 Å². The molecule has 14 heavy (non-hydrogen) atoms. The second-order valence-corrected chi connectivity index (χ2v) is 4.48. The van der Waals surface area contributed by atoms with Gasteiger partial charge in [0.05, 0.1) is 0 Å². The summed E-state index contributed by atoms with van der Waals surface area (Å²) in [7, 11) is 0. The van der Waals surface area contributed by atoms with Crippen LogP contribution in [-0.2, 0) is 4.79 Å². The molecule has 0 aromatic rings. The number of carbonyl (C=O) groups is 1. The van der Waals surface area contributed by atoms with Crippen LogP contribution in [0.2, 0.25) is 0 Å². The molecule has 0 aromatic heterocycles. The third kappa shape index (κ3) is 2.47. The smallest absolute Gasteiger partial charge is 0.331 e. The minimum absolute atomic E-state index is 0.223. The summed E-state index contributed by atoms with van der Waals surface area (Å²) in [4.78, 5) is 10.9. The van der Waals surface area contributed by atoms with Gasteiger partial charge < -0.3 is 5.11 Å². The Morgan fingerprint density at radius 3 is 2.57 bits per heavy atom.